The molecule has 0 amide bonds. The van der Waals surface area contributed by atoms with Gasteiger partial charge in [0.1, 0.15) is 5.82 Å². The molecule has 0 radical (unpaired) electrons. The van der Waals surface area contributed by atoms with Crippen molar-refractivity contribution in [3.63, 3.8) is 0 Å². The van der Waals surface area contributed by atoms with Gasteiger partial charge in [0.15, 0.2) is 17.3 Å². The summed E-state index contributed by atoms with van der Waals surface area (Å²) < 4.78 is 53.8. The van der Waals surface area contributed by atoms with Gasteiger partial charge in [-0.1, -0.05) is 24.3 Å². The Balaban J connectivity index is 1.42. The molecule has 0 saturated carbocycles. The van der Waals surface area contributed by atoms with Crippen LogP contribution in [0.5, 0.6) is 11.5 Å². The van der Waals surface area contributed by atoms with Gasteiger partial charge in [0.05, 0.1) is 25.7 Å². The van der Waals surface area contributed by atoms with Gasteiger partial charge in [-0.2, -0.15) is 0 Å². The average Bonchev–Trinajstić information content (AvgIpc) is 3.33. The number of carbonyl (C=O) groups is 1. The third-order valence-corrected chi connectivity index (χ3v) is 7.71. The number of fused-ring (bicyclic) bond motifs is 3. The summed E-state index contributed by atoms with van der Waals surface area (Å²) in [6.07, 6.45) is 2.14. The van der Waals surface area contributed by atoms with Crippen LogP contribution in [-0.4, -0.2) is 33.0 Å². The molecule has 0 saturated heterocycles. The summed E-state index contributed by atoms with van der Waals surface area (Å²) in [4.78, 5) is 13.3. The summed E-state index contributed by atoms with van der Waals surface area (Å²) in [5.41, 5.74) is 3.96. The van der Waals surface area contributed by atoms with Crippen LogP contribution in [0.1, 0.15) is 39.5 Å². The highest BCUT2D eigenvalue weighted by molar-refractivity contribution is 7.91. The van der Waals surface area contributed by atoms with Gasteiger partial charge in [0.25, 0.3) is 0 Å². The molecule has 1 atom stereocenters. The van der Waals surface area contributed by atoms with Crippen LogP contribution in [0.25, 0.3) is 5.69 Å². The maximum Gasteiger partial charge on any atom is 0.236 e. The average molecular weight is 521 g/mol. The monoisotopic (exact) mass is 520 g/mol. The Labute approximate surface area is 214 Å². The number of anilines is 1. The molecule has 1 N–H and O–H groups in total. The van der Waals surface area contributed by atoms with E-state index < -0.39 is 15.8 Å². The lowest BCUT2D eigenvalue weighted by molar-refractivity contribution is 0.0979. The zero-order valence-corrected chi connectivity index (χ0v) is 21.1. The second-order valence-corrected chi connectivity index (χ2v) is 10.5. The van der Waals surface area contributed by atoms with Gasteiger partial charge in [0.2, 0.25) is 10.0 Å². The zero-order valence-electron chi connectivity index (χ0n) is 20.3. The predicted octanol–water partition coefficient (Wildman–Crippen LogP) is 5.29. The number of halogens is 1. The molecule has 0 fully saturated rings. The fourth-order valence-electron chi connectivity index (χ4n) is 4.68. The van der Waals surface area contributed by atoms with Gasteiger partial charge in [0, 0.05) is 41.5 Å². The molecular formula is C28H25FN2O5S. The van der Waals surface area contributed by atoms with Gasteiger partial charge >= 0.3 is 0 Å². The quantitative estimate of drug-likeness (QED) is 0.358. The number of hydrogen-bond acceptors (Lipinski definition) is 5. The van der Waals surface area contributed by atoms with Crippen molar-refractivity contribution in [3.8, 4) is 17.2 Å². The number of sulfonamides is 1. The number of benzene rings is 3. The van der Waals surface area contributed by atoms with Crippen molar-refractivity contribution < 1.29 is 27.1 Å². The van der Waals surface area contributed by atoms with Crippen LogP contribution in [0.4, 0.5) is 10.1 Å². The molecule has 2 heterocycles. The Hall–Kier alpha value is -4.11. The molecule has 0 aliphatic carbocycles. The minimum Gasteiger partial charge on any atom is -0.493 e. The summed E-state index contributed by atoms with van der Waals surface area (Å²) >= 11 is 0. The molecular weight excluding hydrogens is 495 g/mol. The normalized spacial score (nSPS) is 14.9. The number of rotatable bonds is 7. The second-order valence-electron chi connectivity index (χ2n) is 8.82. The molecule has 1 aliphatic rings. The lowest BCUT2D eigenvalue weighted by atomic mass is 9.90. The molecule has 7 nitrogen and oxygen atoms in total. The lowest BCUT2D eigenvalue weighted by Crippen LogP contribution is -2.15. The third kappa shape index (κ3) is 4.95. The topological polar surface area (TPSA) is 86.6 Å². The molecule has 5 rings (SSSR count). The third-order valence-electron chi connectivity index (χ3n) is 6.45. The maximum absolute atomic E-state index is 13.3. The molecule has 0 spiro atoms. The number of hydrogen-bond donors (Lipinski definition) is 1. The van der Waals surface area contributed by atoms with Crippen molar-refractivity contribution in [2.45, 2.75) is 18.1 Å². The van der Waals surface area contributed by atoms with Crippen LogP contribution in [0.3, 0.4) is 0 Å². The summed E-state index contributed by atoms with van der Waals surface area (Å²) in [6, 6.07) is 19.8. The number of methoxy groups -OCH3 is 2. The maximum atomic E-state index is 13.3. The van der Waals surface area contributed by atoms with Crippen molar-refractivity contribution in [1.82, 2.24) is 4.57 Å². The molecule has 4 aromatic rings. The van der Waals surface area contributed by atoms with Crippen LogP contribution < -0.4 is 14.2 Å². The van der Waals surface area contributed by atoms with Crippen LogP contribution in [0.15, 0.2) is 79.0 Å². The highest BCUT2D eigenvalue weighted by atomic mass is 32.2. The predicted molar refractivity (Wildman–Crippen MR) is 139 cm³/mol. The van der Waals surface area contributed by atoms with E-state index in [-0.39, 0.29) is 23.9 Å². The van der Waals surface area contributed by atoms with Crippen molar-refractivity contribution in [2.24, 2.45) is 0 Å². The van der Waals surface area contributed by atoms with E-state index in [1.165, 1.54) is 31.4 Å². The van der Waals surface area contributed by atoms with E-state index in [0.29, 0.717) is 28.3 Å². The van der Waals surface area contributed by atoms with Gasteiger partial charge in [-0.15, -0.1) is 0 Å². The number of carbonyl (C=O) groups excluding carboxylic acids is 1. The lowest BCUT2D eigenvalue weighted by Gasteiger charge is -2.17. The standard InChI is InChI=1S/C28H25FN2O5S/c1-35-27-15-23-25(16-28(27)36-2)31-13-3-4-24(31)22(14-26(23)32)19-7-11-21(12-8-19)30-37(33,34)17-18-5-9-20(29)10-6-18/h3-13,15-16,22,30H,14,17H2,1-2H3/t22-/m0/s1. The SMILES string of the molecule is COc1cc2c(cc1OC)-n1cccc1[C@H](c1ccc(NS(=O)(=O)Cc3ccc(F)cc3)cc1)CC2=O. The smallest absolute Gasteiger partial charge is 0.236 e. The number of ketones is 1. The van der Waals surface area contributed by atoms with Gasteiger partial charge in [-0.05, 0) is 53.6 Å². The Kier molecular flexibility index (Phi) is 6.47. The Morgan fingerprint density at radius 2 is 1.65 bits per heavy atom. The zero-order chi connectivity index (χ0) is 26.2. The van der Waals surface area contributed by atoms with E-state index in [1.54, 1.807) is 31.4 Å². The van der Waals surface area contributed by atoms with Crippen LogP contribution >= 0.6 is 0 Å². The Bertz CT molecular complexity index is 1560. The first-order chi connectivity index (χ1) is 17.8. The summed E-state index contributed by atoms with van der Waals surface area (Å²) in [5.74, 6) is 0.0494. The number of aromatic nitrogens is 1. The summed E-state index contributed by atoms with van der Waals surface area (Å²) in [6.45, 7) is 0. The van der Waals surface area contributed by atoms with Crippen LogP contribution in [0, 0.1) is 5.82 Å². The fourth-order valence-corrected chi connectivity index (χ4v) is 5.87. The molecule has 190 valence electrons. The molecule has 0 unspecified atom stereocenters. The largest absolute Gasteiger partial charge is 0.493 e. The van der Waals surface area contributed by atoms with Gasteiger partial charge < -0.3 is 14.0 Å². The minimum absolute atomic E-state index is 0.0336. The number of ether oxygens (including phenoxy) is 2. The Morgan fingerprint density at radius 1 is 0.973 bits per heavy atom. The Morgan fingerprint density at radius 3 is 2.32 bits per heavy atom. The first-order valence-electron chi connectivity index (χ1n) is 11.6. The van der Waals surface area contributed by atoms with Crippen molar-refractivity contribution >= 4 is 21.5 Å². The molecule has 0 bridgehead atoms. The van der Waals surface area contributed by atoms with E-state index in [1.807, 2.05) is 35.0 Å². The van der Waals surface area contributed by atoms with E-state index in [4.69, 9.17) is 9.47 Å². The number of nitrogens with zero attached hydrogens (tertiary/aromatic N) is 1. The molecule has 1 aliphatic heterocycles. The van der Waals surface area contributed by atoms with E-state index in [9.17, 15) is 17.6 Å². The molecule has 1 aromatic heterocycles. The first kappa shape index (κ1) is 24.6. The highest BCUT2D eigenvalue weighted by Gasteiger charge is 2.29. The van der Waals surface area contributed by atoms with Crippen molar-refractivity contribution in [2.75, 3.05) is 18.9 Å². The van der Waals surface area contributed by atoms with E-state index >= 15 is 0 Å². The van der Waals surface area contributed by atoms with Crippen LogP contribution in [0.2, 0.25) is 0 Å². The molecule has 37 heavy (non-hydrogen) atoms. The first-order valence-corrected chi connectivity index (χ1v) is 13.2. The highest BCUT2D eigenvalue weighted by Crippen LogP contribution is 2.40. The number of Topliss-reactive ketones (excluding diaryl/α,β-unsaturated/α-hetero) is 1. The van der Waals surface area contributed by atoms with E-state index in [0.717, 1.165) is 16.9 Å². The van der Waals surface area contributed by atoms with Gasteiger partial charge in [-0.3, -0.25) is 9.52 Å². The summed E-state index contributed by atoms with van der Waals surface area (Å²) in [7, 11) is -0.611. The number of nitrogens with one attached hydrogen (secondary N) is 1. The van der Waals surface area contributed by atoms with Crippen molar-refractivity contribution in [3.05, 3.63) is 107 Å². The minimum atomic E-state index is -3.70. The fraction of sp³-hybridized carbons (Fsp3) is 0.179. The molecule has 3 aromatic carbocycles. The summed E-state index contributed by atoms with van der Waals surface area (Å²) in [5, 5.41) is 0. The molecule has 9 heteroatoms. The van der Waals surface area contributed by atoms with Crippen LogP contribution in [-0.2, 0) is 15.8 Å². The van der Waals surface area contributed by atoms with E-state index in [2.05, 4.69) is 4.72 Å². The van der Waals surface area contributed by atoms with Crippen molar-refractivity contribution in [1.29, 1.82) is 0 Å². The second kappa shape index (κ2) is 9.74. The van der Waals surface area contributed by atoms with Gasteiger partial charge in [-0.25, -0.2) is 12.8 Å².